The normalized spacial score (nSPS) is 11.7. The average molecular weight is 189 g/mol. The van der Waals surface area contributed by atoms with E-state index in [-0.39, 0.29) is 6.61 Å². The molecule has 3 heteroatoms. The molecule has 1 unspecified atom stereocenters. The van der Waals surface area contributed by atoms with Gasteiger partial charge < -0.3 is 5.11 Å². The zero-order chi connectivity index (χ0) is 9.23. The lowest BCUT2D eigenvalue weighted by Crippen LogP contribution is -2.12. The number of hydrogen-bond acceptors (Lipinski definition) is 2. The summed E-state index contributed by atoms with van der Waals surface area (Å²) >= 11 is 0. The largest absolute Gasteiger partial charge is 0.392 e. The molecule has 72 valence electrons. The van der Waals surface area contributed by atoms with Crippen LogP contribution in [0, 0.1) is 0 Å². The van der Waals surface area contributed by atoms with Crippen molar-refractivity contribution in [2.45, 2.75) is 26.2 Å². The number of rotatable bonds is 7. The molecule has 0 aliphatic carbocycles. The molecule has 0 aromatic heterocycles. The zero-order valence-corrected chi connectivity index (χ0v) is 9.02. The van der Waals surface area contributed by atoms with E-state index in [2.05, 4.69) is 21.0 Å². The Bertz CT molecular complexity index is 117. The summed E-state index contributed by atoms with van der Waals surface area (Å²) in [5.41, 5.74) is 0. The molecule has 0 radical (unpaired) electrons. The Balaban J connectivity index is 3.21. The third-order valence-corrected chi connectivity index (χ3v) is 2.13. The maximum absolute atomic E-state index is 8.48. The molecule has 0 bridgehead atoms. The first-order valence-electron chi connectivity index (χ1n) is 4.56. The van der Waals surface area contributed by atoms with Gasteiger partial charge in [0.05, 0.1) is 6.61 Å². The molecule has 0 aromatic rings. The molecule has 12 heavy (non-hydrogen) atoms. The average Bonchev–Trinajstić information content (AvgIpc) is 2.06. The molecular formula is C9H20NOP. The number of hydrogen-bond donors (Lipinski definition) is 1. The molecular weight excluding hydrogens is 169 g/mol. The lowest BCUT2D eigenvalue weighted by molar-refractivity contribution is 0.342. The monoisotopic (exact) mass is 189 g/mol. The van der Waals surface area contributed by atoms with Crippen LogP contribution in [0.4, 0.5) is 0 Å². The molecule has 0 fully saturated rings. The fourth-order valence-corrected chi connectivity index (χ4v) is 1.24. The molecule has 0 aliphatic rings. The van der Waals surface area contributed by atoms with E-state index in [1.54, 1.807) is 6.08 Å². The van der Waals surface area contributed by atoms with E-state index in [0.29, 0.717) is 0 Å². The molecule has 0 saturated carbocycles. The second-order valence-corrected chi connectivity index (χ2v) is 3.59. The van der Waals surface area contributed by atoms with Gasteiger partial charge in [0.25, 0.3) is 0 Å². The van der Waals surface area contributed by atoms with Crippen molar-refractivity contribution in [3.05, 3.63) is 12.2 Å². The maximum Gasteiger partial charge on any atom is 0.0612 e. The standard InChI is InChI=1S/C9H20NOP/c1-2-3-4-7-10(12)8-5-6-9-11/h5-6,11H,2-4,7-9,12H2,1H3/b6-5-. The second-order valence-electron chi connectivity index (χ2n) is 2.86. The van der Waals surface area contributed by atoms with Gasteiger partial charge in [-0.3, -0.25) is 4.67 Å². The van der Waals surface area contributed by atoms with Crippen molar-refractivity contribution >= 4 is 9.39 Å². The van der Waals surface area contributed by atoms with E-state index in [1.165, 1.54) is 19.3 Å². The van der Waals surface area contributed by atoms with Crippen molar-refractivity contribution in [3.63, 3.8) is 0 Å². The molecule has 0 rings (SSSR count). The molecule has 2 nitrogen and oxygen atoms in total. The summed E-state index contributed by atoms with van der Waals surface area (Å²) in [6.07, 6.45) is 7.59. The molecule has 0 saturated heterocycles. The first-order chi connectivity index (χ1) is 5.81. The minimum absolute atomic E-state index is 0.146. The van der Waals surface area contributed by atoms with Crippen molar-refractivity contribution in [3.8, 4) is 0 Å². The highest BCUT2D eigenvalue weighted by molar-refractivity contribution is 7.13. The number of unbranched alkanes of at least 4 members (excludes halogenated alkanes) is 2. The van der Waals surface area contributed by atoms with Crippen LogP contribution in [0.25, 0.3) is 0 Å². The maximum atomic E-state index is 8.48. The first kappa shape index (κ1) is 12.1. The van der Waals surface area contributed by atoms with Gasteiger partial charge in [-0.2, -0.15) is 0 Å². The zero-order valence-electron chi connectivity index (χ0n) is 7.87. The third kappa shape index (κ3) is 8.19. The summed E-state index contributed by atoms with van der Waals surface area (Å²) in [6.45, 7) is 4.38. The van der Waals surface area contributed by atoms with Crippen LogP contribution >= 0.6 is 9.39 Å². The van der Waals surface area contributed by atoms with Crippen LogP contribution in [-0.2, 0) is 0 Å². The van der Waals surface area contributed by atoms with E-state index < -0.39 is 0 Å². The summed E-state index contributed by atoms with van der Waals surface area (Å²) in [5.74, 6) is 0. The fourth-order valence-electron chi connectivity index (χ4n) is 0.941. The Labute approximate surface area is 77.9 Å². The Morgan fingerprint density at radius 1 is 1.33 bits per heavy atom. The Morgan fingerprint density at radius 2 is 2.08 bits per heavy atom. The summed E-state index contributed by atoms with van der Waals surface area (Å²) in [5, 5.41) is 8.48. The summed E-state index contributed by atoms with van der Waals surface area (Å²) in [7, 11) is 2.70. The molecule has 0 heterocycles. The molecule has 0 aliphatic heterocycles. The van der Waals surface area contributed by atoms with Gasteiger partial charge in [-0.25, -0.2) is 0 Å². The predicted octanol–water partition coefficient (Wildman–Crippen LogP) is 1.82. The summed E-state index contributed by atoms with van der Waals surface area (Å²) < 4.78 is 2.18. The molecule has 0 amide bonds. The minimum Gasteiger partial charge on any atom is -0.392 e. The van der Waals surface area contributed by atoms with Crippen molar-refractivity contribution < 1.29 is 5.11 Å². The van der Waals surface area contributed by atoms with Crippen LogP contribution in [0.3, 0.4) is 0 Å². The lowest BCUT2D eigenvalue weighted by atomic mass is 10.2. The first-order valence-corrected chi connectivity index (χ1v) is 5.08. The van der Waals surface area contributed by atoms with Gasteiger partial charge >= 0.3 is 0 Å². The highest BCUT2D eigenvalue weighted by atomic mass is 31.0. The van der Waals surface area contributed by atoms with Crippen molar-refractivity contribution in [2.75, 3.05) is 19.7 Å². The van der Waals surface area contributed by atoms with Crippen molar-refractivity contribution in [2.24, 2.45) is 0 Å². The number of aliphatic hydroxyl groups is 1. The Hall–Kier alpha value is 0.0900. The van der Waals surface area contributed by atoms with Gasteiger partial charge in [0, 0.05) is 13.1 Å². The van der Waals surface area contributed by atoms with Gasteiger partial charge in [-0.05, 0) is 6.42 Å². The molecule has 0 aromatic carbocycles. The van der Waals surface area contributed by atoms with Crippen molar-refractivity contribution in [1.29, 1.82) is 0 Å². The van der Waals surface area contributed by atoms with Crippen LogP contribution in [0.1, 0.15) is 26.2 Å². The van der Waals surface area contributed by atoms with Crippen LogP contribution in [0.2, 0.25) is 0 Å². The van der Waals surface area contributed by atoms with Crippen molar-refractivity contribution in [1.82, 2.24) is 4.67 Å². The Kier molecular flexibility index (Phi) is 9.25. The Morgan fingerprint density at radius 3 is 2.67 bits per heavy atom. The molecule has 1 atom stereocenters. The van der Waals surface area contributed by atoms with Gasteiger partial charge in [-0.1, -0.05) is 41.3 Å². The second kappa shape index (κ2) is 9.18. The molecule has 1 N–H and O–H groups in total. The minimum atomic E-state index is 0.146. The van der Waals surface area contributed by atoms with E-state index in [4.69, 9.17) is 5.11 Å². The number of aliphatic hydroxyl groups excluding tert-OH is 1. The van der Waals surface area contributed by atoms with Gasteiger partial charge in [0.1, 0.15) is 0 Å². The van der Waals surface area contributed by atoms with Crippen LogP contribution in [0.15, 0.2) is 12.2 Å². The lowest BCUT2D eigenvalue weighted by Gasteiger charge is -2.12. The predicted molar refractivity (Wildman–Crippen MR) is 57.0 cm³/mol. The van der Waals surface area contributed by atoms with E-state index in [0.717, 1.165) is 13.1 Å². The van der Waals surface area contributed by atoms with Gasteiger partial charge in [-0.15, -0.1) is 0 Å². The molecule has 0 spiro atoms. The van der Waals surface area contributed by atoms with Crippen LogP contribution in [-0.4, -0.2) is 29.5 Å². The van der Waals surface area contributed by atoms with Crippen LogP contribution in [0.5, 0.6) is 0 Å². The van der Waals surface area contributed by atoms with Crippen LogP contribution < -0.4 is 0 Å². The SMILES string of the molecule is CCCCCN(P)C/C=C\CO. The topological polar surface area (TPSA) is 23.5 Å². The van der Waals surface area contributed by atoms with E-state index >= 15 is 0 Å². The fraction of sp³-hybridized carbons (Fsp3) is 0.778. The quantitative estimate of drug-likeness (QED) is 0.375. The van der Waals surface area contributed by atoms with E-state index in [1.807, 2.05) is 6.08 Å². The smallest absolute Gasteiger partial charge is 0.0612 e. The third-order valence-electron chi connectivity index (χ3n) is 1.66. The van der Waals surface area contributed by atoms with Gasteiger partial charge in [0.2, 0.25) is 0 Å². The highest BCUT2D eigenvalue weighted by Gasteiger charge is 1.93. The number of nitrogens with zero attached hydrogens (tertiary/aromatic N) is 1. The van der Waals surface area contributed by atoms with Gasteiger partial charge in [0.15, 0.2) is 0 Å². The highest BCUT2D eigenvalue weighted by Crippen LogP contribution is 2.02. The summed E-state index contributed by atoms with van der Waals surface area (Å²) in [4.78, 5) is 0. The van der Waals surface area contributed by atoms with E-state index in [9.17, 15) is 0 Å². The summed E-state index contributed by atoms with van der Waals surface area (Å²) in [6, 6.07) is 0.